The zero-order valence-corrected chi connectivity index (χ0v) is 5.64. The van der Waals surface area contributed by atoms with Crippen LogP contribution in [-0.2, 0) is 0 Å². The molecule has 5 N–H and O–H groups in total. The van der Waals surface area contributed by atoms with E-state index in [0.29, 0.717) is 6.04 Å². The molecule has 0 heterocycles. The molecule has 1 rings (SSSR count). The van der Waals surface area contributed by atoms with Gasteiger partial charge in [0.1, 0.15) is 6.29 Å². The average molecular weight is 129 g/mol. The van der Waals surface area contributed by atoms with Crippen LogP contribution in [0.15, 0.2) is 0 Å². The Bertz CT molecular complexity index is 76.4. The Balaban J connectivity index is 2.11. The molecule has 0 spiro atoms. The van der Waals surface area contributed by atoms with Crippen LogP contribution < -0.4 is 16.8 Å². The summed E-state index contributed by atoms with van der Waals surface area (Å²) in [5.41, 5.74) is 10.7. The van der Waals surface area contributed by atoms with E-state index in [-0.39, 0.29) is 6.29 Å². The molecule has 0 aromatic heterocycles. The van der Waals surface area contributed by atoms with Crippen LogP contribution in [0.5, 0.6) is 0 Å². The van der Waals surface area contributed by atoms with Gasteiger partial charge in [-0.2, -0.15) is 0 Å². The first kappa shape index (κ1) is 6.99. The van der Waals surface area contributed by atoms with E-state index in [0.717, 1.165) is 0 Å². The van der Waals surface area contributed by atoms with Crippen molar-refractivity contribution in [2.75, 3.05) is 0 Å². The Morgan fingerprint density at radius 3 is 2.22 bits per heavy atom. The third-order valence-electron chi connectivity index (χ3n) is 1.78. The van der Waals surface area contributed by atoms with Crippen LogP contribution in [0.25, 0.3) is 0 Å². The Labute approximate surface area is 55.8 Å². The van der Waals surface area contributed by atoms with Crippen LogP contribution in [0.3, 0.4) is 0 Å². The Morgan fingerprint density at radius 1 is 1.22 bits per heavy atom. The van der Waals surface area contributed by atoms with E-state index in [4.69, 9.17) is 11.5 Å². The van der Waals surface area contributed by atoms with Gasteiger partial charge in [-0.3, -0.25) is 5.32 Å². The van der Waals surface area contributed by atoms with Gasteiger partial charge in [0.25, 0.3) is 0 Å². The highest BCUT2D eigenvalue weighted by Crippen LogP contribution is 2.17. The van der Waals surface area contributed by atoms with Gasteiger partial charge in [0.15, 0.2) is 0 Å². The Kier molecular flexibility index (Phi) is 2.45. The molecule has 0 radical (unpaired) electrons. The fourth-order valence-electron chi connectivity index (χ4n) is 1.36. The van der Waals surface area contributed by atoms with Crippen LogP contribution >= 0.6 is 0 Å². The maximum absolute atomic E-state index is 5.34. The molecule has 1 saturated carbocycles. The third-order valence-corrected chi connectivity index (χ3v) is 1.78. The summed E-state index contributed by atoms with van der Waals surface area (Å²) in [6.45, 7) is 0. The predicted octanol–water partition coefficient (Wildman–Crippen LogP) is -0.280. The largest absolute Gasteiger partial charge is 0.304 e. The zero-order chi connectivity index (χ0) is 6.69. The second-order valence-corrected chi connectivity index (χ2v) is 2.67. The minimum Gasteiger partial charge on any atom is -0.304 e. The highest BCUT2D eigenvalue weighted by molar-refractivity contribution is 4.73. The second kappa shape index (κ2) is 3.15. The van der Waals surface area contributed by atoms with E-state index in [2.05, 4.69) is 5.32 Å². The SMILES string of the molecule is NC(N)NC1CCCC1. The van der Waals surface area contributed by atoms with E-state index >= 15 is 0 Å². The third kappa shape index (κ3) is 2.30. The van der Waals surface area contributed by atoms with Crippen molar-refractivity contribution in [2.24, 2.45) is 11.5 Å². The lowest BCUT2D eigenvalue weighted by Crippen LogP contribution is -2.49. The quantitative estimate of drug-likeness (QED) is 0.449. The van der Waals surface area contributed by atoms with Crippen molar-refractivity contribution in [2.45, 2.75) is 38.0 Å². The van der Waals surface area contributed by atoms with Crippen LogP contribution in [0.4, 0.5) is 0 Å². The predicted molar refractivity (Wildman–Crippen MR) is 37.6 cm³/mol. The number of hydrogen-bond acceptors (Lipinski definition) is 3. The van der Waals surface area contributed by atoms with Crippen molar-refractivity contribution >= 4 is 0 Å². The maximum Gasteiger partial charge on any atom is 0.107 e. The monoisotopic (exact) mass is 129 g/mol. The van der Waals surface area contributed by atoms with Crippen molar-refractivity contribution in [1.82, 2.24) is 5.32 Å². The van der Waals surface area contributed by atoms with Gasteiger partial charge < -0.3 is 11.5 Å². The lowest BCUT2D eigenvalue weighted by atomic mass is 10.2. The average Bonchev–Trinajstić information content (AvgIpc) is 2.15. The van der Waals surface area contributed by atoms with E-state index in [1.54, 1.807) is 0 Å². The van der Waals surface area contributed by atoms with Gasteiger partial charge in [-0.15, -0.1) is 0 Å². The van der Waals surface area contributed by atoms with Crippen LogP contribution in [0, 0.1) is 0 Å². The minimum absolute atomic E-state index is 0.326. The molecule has 0 bridgehead atoms. The van der Waals surface area contributed by atoms with E-state index < -0.39 is 0 Å². The molecule has 0 aliphatic heterocycles. The van der Waals surface area contributed by atoms with Gasteiger partial charge in [-0.25, -0.2) is 0 Å². The summed E-state index contributed by atoms with van der Waals surface area (Å²) in [6.07, 6.45) is 4.80. The fraction of sp³-hybridized carbons (Fsp3) is 1.00. The van der Waals surface area contributed by atoms with Gasteiger partial charge in [0, 0.05) is 6.04 Å². The molecular weight excluding hydrogens is 114 g/mol. The lowest BCUT2D eigenvalue weighted by Gasteiger charge is -2.14. The van der Waals surface area contributed by atoms with Crippen LogP contribution in [0.1, 0.15) is 25.7 Å². The second-order valence-electron chi connectivity index (χ2n) is 2.67. The van der Waals surface area contributed by atoms with Crippen LogP contribution in [0.2, 0.25) is 0 Å². The van der Waals surface area contributed by atoms with Gasteiger partial charge in [0.2, 0.25) is 0 Å². The normalized spacial score (nSPS) is 21.7. The fourth-order valence-corrected chi connectivity index (χ4v) is 1.36. The summed E-state index contributed by atoms with van der Waals surface area (Å²) in [7, 11) is 0. The number of nitrogens with one attached hydrogen (secondary N) is 1. The summed E-state index contributed by atoms with van der Waals surface area (Å²) in [5, 5.41) is 3.10. The number of nitrogens with two attached hydrogens (primary N) is 2. The summed E-state index contributed by atoms with van der Waals surface area (Å²) in [4.78, 5) is 0. The number of hydrogen-bond donors (Lipinski definition) is 3. The van der Waals surface area contributed by atoms with Gasteiger partial charge in [-0.05, 0) is 12.8 Å². The summed E-state index contributed by atoms with van der Waals surface area (Å²) in [5.74, 6) is 0. The smallest absolute Gasteiger partial charge is 0.107 e. The number of rotatable bonds is 2. The Morgan fingerprint density at radius 2 is 1.78 bits per heavy atom. The first-order valence-corrected chi connectivity index (χ1v) is 3.56. The van der Waals surface area contributed by atoms with Gasteiger partial charge >= 0.3 is 0 Å². The van der Waals surface area contributed by atoms with Crippen molar-refractivity contribution in [1.29, 1.82) is 0 Å². The molecule has 0 saturated heterocycles. The van der Waals surface area contributed by atoms with Crippen molar-refractivity contribution in [3.63, 3.8) is 0 Å². The Hall–Kier alpha value is -0.120. The maximum atomic E-state index is 5.34. The molecule has 0 unspecified atom stereocenters. The molecule has 3 nitrogen and oxygen atoms in total. The summed E-state index contributed by atoms with van der Waals surface area (Å²) >= 11 is 0. The molecule has 9 heavy (non-hydrogen) atoms. The van der Waals surface area contributed by atoms with Gasteiger partial charge in [-0.1, -0.05) is 12.8 Å². The molecule has 54 valence electrons. The standard InChI is InChI=1S/C6H15N3/c7-6(8)9-5-3-1-2-4-5/h5-6,9H,1-4,7-8H2. The van der Waals surface area contributed by atoms with Gasteiger partial charge in [0.05, 0.1) is 0 Å². The van der Waals surface area contributed by atoms with E-state index in [9.17, 15) is 0 Å². The van der Waals surface area contributed by atoms with E-state index in [1.165, 1.54) is 25.7 Å². The topological polar surface area (TPSA) is 64.1 Å². The molecule has 0 amide bonds. The molecule has 1 aliphatic rings. The lowest BCUT2D eigenvalue weighted by molar-refractivity contribution is 0.446. The molecule has 0 aromatic carbocycles. The molecule has 1 fully saturated rings. The molecule has 1 aliphatic carbocycles. The minimum atomic E-state index is -0.326. The summed E-state index contributed by atoms with van der Waals surface area (Å²) in [6, 6.07) is 0.588. The molecular formula is C6H15N3. The highest BCUT2D eigenvalue weighted by atomic mass is 15.2. The van der Waals surface area contributed by atoms with Crippen LogP contribution in [-0.4, -0.2) is 12.3 Å². The summed E-state index contributed by atoms with van der Waals surface area (Å²) < 4.78 is 0. The van der Waals surface area contributed by atoms with Crippen molar-refractivity contribution in [3.05, 3.63) is 0 Å². The first-order valence-electron chi connectivity index (χ1n) is 3.56. The zero-order valence-electron chi connectivity index (χ0n) is 5.64. The molecule has 0 atom stereocenters. The van der Waals surface area contributed by atoms with Crippen molar-refractivity contribution < 1.29 is 0 Å². The van der Waals surface area contributed by atoms with Crippen molar-refractivity contribution in [3.8, 4) is 0 Å². The molecule has 0 aromatic rings. The van der Waals surface area contributed by atoms with E-state index in [1.807, 2.05) is 0 Å². The highest BCUT2D eigenvalue weighted by Gasteiger charge is 2.14. The first-order chi connectivity index (χ1) is 4.29. The molecule has 3 heteroatoms.